The van der Waals surface area contributed by atoms with Crippen molar-refractivity contribution in [1.29, 1.82) is 0 Å². The molecule has 19 heavy (non-hydrogen) atoms. The maximum atomic E-state index is 13.3. The van der Waals surface area contributed by atoms with E-state index in [9.17, 15) is 8.78 Å². The molecule has 1 heterocycles. The van der Waals surface area contributed by atoms with Gasteiger partial charge in [0, 0.05) is 22.4 Å². The Morgan fingerprint density at radius 2 is 2.00 bits per heavy atom. The van der Waals surface area contributed by atoms with Crippen LogP contribution in [0.15, 0.2) is 12.2 Å². The Morgan fingerprint density at radius 3 is 2.47 bits per heavy atom. The van der Waals surface area contributed by atoms with Crippen LogP contribution in [-0.4, -0.2) is 43.5 Å². The van der Waals surface area contributed by atoms with Gasteiger partial charge in [-0.25, -0.2) is 8.78 Å². The summed E-state index contributed by atoms with van der Waals surface area (Å²) in [6, 6.07) is -0.628. The summed E-state index contributed by atoms with van der Waals surface area (Å²) in [5, 5.41) is 2.88. The van der Waals surface area contributed by atoms with E-state index in [1.807, 2.05) is 33.9 Å². The lowest BCUT2D eigenvalue weighted by Crippen LogP contribution is -2.38. The summed E-state index contributed by atoms with van der Waals surface area (Å²) in [4.78, 5) is 2.11. The molecule has 0 aliphatic carbocycles. The van der Waals surface area contributed by atoms with Crippen LogP contribution in [0.1, 0.15) is 42.9 Å². The van der Waals surface area contributed by atoms with E-state index < -0.39 is 12.0 Å². The molecule has 1 atom stereocenters. The third-order valence-corrected chi connectivity index (χ3v) is 3.07. The number of alkyl halides is 2. The number of hydrogen-bond acceptors (Lipinski definition) is 2. The highest BCUT2D eigenvalue weighted by Crippen LogP contribution is 2.29. The van der Waals surface area contributed by atoms with Crippen LogP contribution in [0.2, 0.25) is 0 Å². The highest BCUT2D eigenvalue weighted by atomic mass is 127. The first-order chi connectivity index (χ1) is 8.56. The molecule has 1 aliphatic rings. The molecular weight excluding hydrogens is 361 g/mol. The minimum atomic E-state index is -2.51. The molecule has 1 rings (SSSR count). The first kappa shape index (κ1) is 21.5. The van der Waals surface area contributed by atoms with Gasteiger partial charge in [-0.3, -0.25) is 0 Å². The van der Waals surface area contributed by atoms with Gasteiger partial charge >= 0.3 is 0 Å². The monoisotopic (exact) mass is 394 g/mol. The summed E-state index contributed by atoms with van der Waals surface area (Å²) >= 11 is 0. The molecule has 0 aromatic rings. The van der Waals surface area contributed by atoms with Gasteiger partial charge in [-0.1, -0.05) is 26.0 Å². The fourth-order valence-corrected chi connectivity index (χ4v) is 1.97. The topological polar surface area (TPSA) is 15.3 Å². The Morgan fingerprint density at radius 1 is 1.37 bits per heavy atom. The normalized spacial score (nSPS) is 21.1. The van der Waals surface area contributed by atoms with E-state index >= 15 is 0 Å². The van der Waals surface area contributed by atoms with E-state index in [4.69, 9.17) is 0 Å². The largest absolute Gasteiger partial charge is 0.308 e. The third kappa shape index (κ3) is 8.92. The van der Waals surface area contributed by atoms with Crippen molar-refractivity contribution in [2.45, 2.75) is 52.0 Å². The number of hydrogen-bond donors (Lipinski definition) is 1. The zero-order chi connectivity index (χ0) is 14.0. The predicted octanol–water partition coefficient (Wildman–Crippen LogP) is 4.41. The number of halogens is 3. The molecular formula is C14H33F2IN2. The van der Waals surface area contributed by atoms with Crippen LogP contribution in [0.4, 0.5) is 8.78 Å². The summed E-state index contributed by atoms with van der Waals surface area (Å²) in [5.74, 6) is -2.51. The van der Waals surface area contributed by atoms with Gasteiger partial charge in [-0.05, 0) is 33.4 Å². The van der Waals surface area contributed by atoms with Crippen molar-refractivity contribution in [1.82, 2.24) is 10.2 Å². The lowest BCUT2D eigenvalue weighted by atomic mass is 10.1. The molecule has 1 saturated heterocycles. The molecule has 1 unspecified atom stereocenters. The Kier molecular flexibility index (Phi) is 13.6. The average molecular weight is 394 g/mol. The molecule has 0 saturated carbocycles. The van der Waals surface area contributed by atoms with Crippen molar-refractivity contribution in [3.63, 3.8) is 0 Å². The molecule has 0 amide bonds. The van der Waals surface area contributed by atoms with Gasteiger partial charge in [-0.15, -0.1) is 24.0 Å². The van der Waals surface area contributed by atoms with Crippen molar-refractivity contribution in [3.05, 3.63) is 12.2 Å². The Bertz CT molecular complexity index is 245. The standard InChI is InChI=1S/C12H22F2N2.C2H6.HI.2H2/c1-3-4-5-9-16(2)10-6-11-12(13,14)7-8-15-11;1-2;;;/h3-4,11,15H,5-10H2,1-2H3;1-2H3;3*1H. The van der Waals surface area contributed by atoms with E-state index in [1.54, 1.807) is 0 Å². The summed E-state index contributed by atoms with van der Waals surface area (Å²) in [7, 11) is 1.98. The van der Waals surface area contributed by atoms with Crippen molar-refractivity contribution in [2.75, 3.05) is 26.7 Å². The highest BCUT2D eigenvalue weighted by molar-refractivity contribution is 14.0. The molecule has 2 nitrogen and oxygen atoms in total. The summed E-state index contributed by atoms with van der Waals surface area (Å²) < 4.78 is 26.5. The third-order valence-electron chi connectivity index (χ3n) is 3.07. The molecule has 0 radical (unpaired) electrons. The van der Waals surface area contributed by atoms with Crippen LogP contribution in [-0.2, 0) is 0 Å². The second-order valence-electron chi connectivity index (χ2n) is 4.47. The first-order valence-corrected chi connectivity index (χ1v) is 6.97. The van der Waals surface area contributed by atoms with Gasteiger partial charge in [0.15, 0.2) is 0 Å². The van der Waals surface area contributed by atoms with E-state index in [0.29, 0.717) is 13.0 Å². The van der Waals surface area contributed by atoms with E-state index in [1.165, 1.54) is 0 Å². The Balaban J connectivity index is -0.000000276. The molecule has 0 aromatic heterocycles. The zero-order valence-electron chi connectivity index (χ0n) is 12.6. The Labute approximate surface area is 137 Å². The van der Waals surface area contributed by atoms with Gasteiger partial charge in [0.1, 0.15) is 0 Å². The van der Waals surface area contributed by atoms with Crippen molar-refractivity contribution in [3.8, 4) is 0 Å². The van der Waals surface area contributed by atoms with Crippen LogP contribution >= 0.6 is 24.0 Å². The number of allylic oxidation sites excluding steroid dienone is 1. The molecule has 0 spiro atoms. The lowest BCUT2D eigenvalue weighted by Gasteiger charge is -2.22. The second-order valence-corrected chi connectivity index (χ2v) is 4.47. The zero-order valence-corrected chi connectivity index (χ0v) is 14.9. The van der Waals surface area contributed by atoms with Gasteiger partial charge in [-0.2, -0.15) is 0 Å². The SMILES string of the molecule is CC.CC=CCCN(C)CCC1NCCC1(F)F.I.[HH].[HH]. The molecule has 0 aromatic carbocycles. The van der Waals surface area contributed by atoms with Crippen LogP contribution in [0.25, 0.3) is 0 Å². The minimum absolute atomic E-state index is 0. The summed E-state index contributed by atoms with van der Waals surface area (Å²) in [6.07, 6.45) is 5.61. The number of rotatable bonds is 6. The molecule has 1 fully saturated rings. The molecule has 0 bridgehead atoms. The average Bonchev–Trinajstić information content (AvgIpc) is 2.69. The van der Waals surface area contributed by atoms with Gasteiger partial charge < -0.3 is 10.2 Å². The van der Waals surface area contributed by atoms with Gasteiger partial charge in [0.25, 0.3) is 5.92 Å². The van der Waals surface area contributed by atoms with Crippen molar-refractivity contribution in [2.24, 2.45) is 0 Å². The van der Waals surface area contributed by atoms with Crippen molar-refractivity contribution < 1.29 is 11.6 Å². The summed E-state index contributed by atoms with van der Waals surface area (Å²) in [5.41, 5.74) is 0. The molecule has 5 heteroatoms. The second kappa shape index (κ2) is 12.0. The van der Waals surface area contributed by atoms with Gasteiger partial charge in [0.05, 0.1) is 6.04 Å². The van der Waals surface area contributed by atoms with Crippen LogP contribution in [0.5, 0.6) is 0 Å². The highest BCUT2D eigenvalue weighted by Gasteiger charge is 2.43. The number of nitrogens with zero attached hydrogens (tertiary/aromatic N) is 1. The van der Waals surface area contributed by atoms with E-state index in [0.717, 1.165) is 19.5 Å². The number of nitrogens with one attached hydrogen (secondary N) is 1. The maximum absolute atomic E-state index is 13.3. The summed E-state index contributed by atoms with van der Waals surface area (Å²) in [6.45, 7) is 8.09. The molecule has 120 valence electrons. The fourth-order valence-electron chi connectivity index (χ4n) is 1.97. The first-order valence-electron chi connectivity index (χ1n) is 6.97. The smallest absolute Gasteiger partial charge is 0.264 e. The molecule has 1 N–H and O–H groups in total. The maximum Gasteiger partial charge on any atom is 0.264 e. The van der Waals surface area contributed by atoms with Crippen molar-refractivity contribution >= 4 is 24.0 Å². The Hall–Kier alpha value is 0.250. The van der Waals surface area contributed by atoms with E-state index in [-0.39, 0.29) is 33.3 Å². The van der Waals surface area contributed by atoms with E-state index in [2.05, 4.69) is 16.3 Å². The fraction of sp³-hybridized carbons (Fsp3) is 0.857. The molecule has 1 aliphatic heterocycles. The van der Waals surface area contributed by atoms with Gasteiger partial charge in [0.2, 0.25) is 0 Å². The van der Waals surface area contributed by atoms with Crippen LogP contribution in [0.3, 0.4) is 0 Å². The quantitative estimate of drug-likeness (QED) is 0.531. The minimum Gasteiger partial charge on any atom is -0.308 e. The van der Waals surface area contributed by atoms with Crippen LogP contribution in [0, 0.1) is 0 Å². The van der Waals surface area contributed by atoms with Crippen LogP contribution < -0.4 is 5.32 Å². The lowest BCUT2D eigenvalue weighted by molar-refractivity contribution is -0.0149. The predicted molar refractivity (Wildman–Crippen MR) is 93.9 cm³/mol.